The normalized spacial score (nSPS) is 10.6. The Morgan fingerprint density at radius 1 is 0.967 bits per heavy atom. The van der Waals surface area contributed by atoms with Crippen molar-refractivity contribution in [2.24, 2.45) is 5.10 Å². The van der Waals surface area contributed by atoms with Crippen LogP contribution in [0.25, 0.3) is 0 Å². The average molecular weight is 462 g/mol. The Kier molecular flexibility index (Phi) is 7.18. The van der Waals surface area contributed by atoms with Crippen molar-refractivity contribution in [2.45, 2.75) is 0 Å². The molecule has 0 fully saturated rings. The number of halogens is 2. The van der Waals surface area contributed by atoms with E-state index >= 15 is 0 Å². The maximum absolute atomic E-state index is 12.1. The van der Waals surface area contributed by atoms with Gasteiger partial charge >= 0.3 is 17.8 Å². The standard InChI is InChI=1S/C20H13Cl2N3O4S/c21-13-8-14(22)10-15(9-13)24-18(26)19(27)25-23-11-12-4-1-2-5-16(12)29-20(28)17-6-3-7-30-17/h1-11H,(H,24,26)(H,25,27)/b23-11+. The monoisotopic (exact) mass is 461 g/mol. The number of hydrogen-bond acceptors (Lipinski definition) is 6. The van der Waals surface area contributed by atoms with Gasteiger partial charge < -0.3 is 10.1 Å². The molecular weight excluding hydrogens is 449 g/mol. The summed E-state index contributed by atoms with van der Waals surface area (Å²) in [7, 11) is 0. The lowest BCUT2D eigenvalue weighted by molar-refractivity contribution is -0.136. The first kappa shape index (κ1) is 21.5. The van der Waals surface area contributed by atoms with Gasteiger partial charge in [-0.2, -0.15) is 5.10 Å². The summed E-state index contributed by atoms with van der Waals surface area (Å²) in [6.07, 6.45) is 1.26. The van der Waals surface area contributed by atoms with Crippen LogP contribution >= 0.6 is 34.5 Å². The number of esters is 1. The van der Waals surface area contributed by atoms with Crippen molar-refractivity contribution < 1.29 is 19.1 Å². The molecule has 10 heteroatoms. The molecule has 30 heavy (non-hydrogen) atoms. The molecule has 1 aromatic heterocycles. The topological polar surface area (TPSA) is 96.9 Å². The van der Waals surface area contributed by atoms with E-state index in [1.165, 1.54) is 35.8 Å². The van der Waals surface area contributed by atoms with E-state index in [0.29, 0.717) is 20.5 Å². The third-order valence-electron chi connectivity index (χ3n) is 3.54. The van der Waals surface area contributed by atoms with E-state index in [1.54, 1.807) is 41.8 Å². The molecule has 2 N–H and O–H groups in total. The minimum Gasteiger partial charge on any atom is -0.422 e. The van der Waals surface area contributed by atoms with Gasteiger partial charge in [-0.3, -0.25) is 9.59 Å². The number of nitrogens with zero attached hydrogens (tertiary/aromatic N) is 1. The maximum Gasteiger partial charge on any atom is 0.353 e. The number of nitrogens with one attached hydrogen (secondary N) is 2. The van der Waals surface area contributed by atoms with E-state index in [1.807, 2.05) is 0 Å². The smallest absolute Gasteiger partial charge is 0.353 e. The van der Waals surface area contributed by atoms with Gasteiger partial charge in [0.1, 0.15) is 10.6 Å². The van der Waals surface area contributed by atoms with Gasteiger partial charge in [0.25, 0.3) is 0 Å². The second-order valence-corrected chi connectivity index (χ2v) is 7.54. The lowest BCUT2D eigenvalue weighted by Gasteiger charge is -2.06. The summed E-state index contributed by atoms with van der Waals surface area (Å²) in [5.41, 5.74) is 2.80. The number of carbonyl (C=O) groups excluding carboxylic acids is 3. The Labute approximate surface area is 185 Å². The van der Waals surface area contributed by atoms with Gasteiger partial charge in [-0.25, -0.2) is 10.2 Å². The summed E-state index contributed by atoms with van der Waals surface area (Å²) in [6, 6.07) is 14.4. The first-order valence-corrected chi connectivity index (χ1v) is 10.0. The first-order valence-electron chi connectivity index (χ1n) is 8.37. The molecule has 3 aromatic rings. The number of rotatable bonds is 5. The molecule has 2 amide bonds. The van der Waals surface area contributed by atoms with Crippen molar-refractivity contribution in [2.75, 3.05) is 5.32 Å². The molecule has 0 spiro atoms. The Hall–Kier alpha value is -3.20. The number of hydrazone groups is 1. The van der Waals surface area contributed by atoms with E-state index in [0.717, 1.165) is 0 Å². The molecule has 3 rings (SSSR count). The van der Waals surface area contributed by atoms with Gasteiger partial charge in [0.15, 0.2) is 0 Å². The zero-order valence-electron chi connectivity index (χ0n) is 15.1. The zero-order valence-corrected chi connectivity index (χ0v) is 17.4. The summed E-state index contributed by atoms with van der Waals surface area (Å²) in [4.78, 5) is 36.5. The van der Waals surface area contributed by atoms with Crippen LogP contribution in [0.2, 0.25) is 10.0 Å². The number of hydrogen-bond donors (Lipinski definition) is 2. The number of benzene rings is 2. The number of ether oxygens (including phenoxy) is 1. The quantitative estimate of drug-likeness (QED) is 0.194. The molecule has 7 nitrogen and oxygen atoms in total. The highest BCUT2D eigenvalue weighted by molar-refractivity contribution is 7.12. The van der Waals surface area contributed by atoms with E-state index in [4.69, 9.17) is 27.9 Å². The van der Waals surface area contributed by atoms with E-state index < -0.39 is 17.8 Å². The SMILES string of the molecule is O=C(N/N=C/c1ccccc1OC(=O)c1cccs1)C(=O)Nc1cc(Cl)cc(Cl)c1. The van der Waals surface area contributed by atoms with E-state index in [9.17, 15) is 14.4 Å². The highest BCUT2D eigenvalue weighted by Crippen LogP contribution is 2.22. The van der Waals surface area contributed by atoms with Gasteiger partial charge in [-0.15, -0.1) is 11.3 Å². The van der Waals surface area contributed by atoms with Crippen LogP contribution in [0.4, 0.5) is 5.69 Å². The predicted molar refractivity (Wildman–Crippen MR) is 117 cm³/mol. The Bertz CT molecular complexity index is 1100. The van der Waals surface area contributed by atoms with Crippen LogP contribution in [0.3, 0.4) is 0 Å². The van der Waals surface area contributed by atoms with Crippen molar-refractivity contribution in [1.82, 2.24) is 5.43 Å². The number of anilines is 1. The molecule has 0 unspecified atom stereocenters. The lowest BCUT2D eigenvalue weighted by Crippen LogP contribution is -2.32. The van der Waals surface area contributed by atoms with Crippen molar-refractivity contribution in [3.05, 3.63) is 80.5 Å². The van der Waals surface area contributed by atoms with Crippen LogP contribution in [0.15, 0.2) is 65.1 Å². The van der Waals surface area contributed by atoms with Crippen LogP contribution in [0, 0.1) is 0 Å². The third-order valence-corrected chi connectivity index (χ3v) is 4.83. The number of amides is 2. The average Bonchev–Trinajstić information content (AvgIpc) is 3.23. The van der Waals surface area contributed by atoms with Crippen molar-refractivity contribution >= 4 is 64.2 Å². The fourth-order valence-electron chi connectivity index (χ4n) is 2.25. The van der Waals surface area contributed by atoms with Gasteiger partial charge in [0.2, 0.25) is 0 Å². The Morgan fingerprint density at radius 3 is 2.40 bits per heavy atom. The molecular formula is C20H13Cl2N3O4S. The van der Waals surface area contributed by atoms with Crippen LogP contribution in [-0.2, 0) is 9.59 Å². The predicted octanol–water partition coefficient (Wildman–Crippen LogP) is 4.36. The Balaban J connectivity index is 1.61. The first-order chi connectivity index (χ1) is 14.4. The molecule has 0 aliphatic rings. The summed E-state index contributed by atoms with van der Waals surface area (Å²) in [5.74, 6) is -2.21. The minimum absolute atomic E-state index is 0.256. The van der Waals surface area contributed by atoms with Gasteiger partial charge in [-0.1, -0.05) is 41.4 Å². The van der Waals surface area contributed by atoms with E-state index in [-0.39, 0.29) is 11.4 Å². The summed E-state index contributed by atoms with van der Waals surface area (Å²) in [6.45, 7) is 0. The van der Waals surface area contributed by atoms with Gasteiger partial charge in [0, 0.05) is 21.3 Å². The highest BCUT2D eigenvalue weighted by atomic mass is 35.5. The molecule has 152 valence electrons. The number of para-hydroxylation sites is 1. The fraction of sp³-hybridized carbons (Fsp3) is 0. The van der Waals surface area contributed by atoms with Gasteiger partial charge in [0.05, 0.1) is 6.21 Å². The Morgan fingerprint density at radius 2 is 1.70 bits per heavy atom. The molecule has 0 saturated carbocycles. The fourth-order valence-corrected chi connectivity index (χ4v) is 3.37. The molecule has 0 aliphatic heterocycles. The maximum atomic E-state index is 12.1. The molecule has 0 atom stereocenters. The summed E-state index contributed by atoms with van der Waals surface area (Å²) >= 11 is 13.0. The zero-order chi connectivity index (χ0) is 21.5. The lowest BCUT2D eigenvalue weighted by atomic mass is 10.2. The van der Waals surface area contributed by atoms with Crippen molar-refractivity contribution in [3.63, 3.8) is 0 Å². The second-order valence-electron chi connectivity index (χ2n) is 5.72. The molecule has 0 bridgehead atoms. The van der Waals surface area contributed by atoms with Crippen LogP contribution in [0.1, 0.15) is 15.2 Å². The molecule has 0 aliphatic carbocycles. The molecule has 0 saturated heterocycles. The highest BCUT2D eigenvalue weighted by Gasteiger charge is 2.14. The van der Waals surface area contributed by atoms with E-state index in [2.05, 4.69) is 15.8 Å². The molecule has 1 heterocycles. The minimum atomic E-state index is -1.00. The van der Waals surface area contributed by atoms with Crippen molar-refractivity contribution in [1.29, 1.82) is 0 Å². The van der Waals surface area contributed by atoms with Crippen LogP contribution < -0.4 is 15.5 Å². The number of thiophene rings is 1. The summed E-state index contributed by atoms with van der Waals surface area (Å²) in [5, 5.41) is 8.49. The molecule has 2 aromatic carbocycles. The molecule has 0 radical (unpaired) electrons. The largest absolute Gasteiger partial charge is 0.422 e. The van der Waals surface area contributed by atoms with Crippen molar-refractivity contribution in [3.8, 4) is 5.75 Å². The third kappa shape index (κ3) is 5.90. The second kappa shape index (κ2) is 10.0. The number of carbonyl (C=O) groups is 3. The van der Waals surface area contributed by atoms with Gasteiger partial charge in [-0.05, 0) is 41.8 Å². The van der Waals surface area contributed by atoms with Crippen LogP contribution in [0.5, 0.6) is 5.75 Å². The summed E-state index contributed by atoms with van der Waals surface area (Å²) < 4.78 is 5.36. The van der Waals surface area contributed by atoms with Crippen LogP contribution in [-0.4, -0.2) is 24.0 Å².